The Kier molecular flexibility index (Phi) is 3.83. The van der Waals surface area contributed by atoms with E-state index >= 15 is 0 Å². The summed E-state index contributed by atoms with van der Waals surface area (Å²) in [5.74, 6) is -1.36. The molecule has 6 heteroatoms. The first-order valence-corrected chi connectivity index (χ1v) is 6.53. The molecule has 1 heterocycles. The molecule has 0 fully saturated rings. The van der Waals surface area contributed by atoms with Gasteiger partial charge in [-0.05, 0) is 12.8 Å². The minimum Gasteiger partial charge on any atom is -0.481 e. The van der Waals surface area contributed by atoms with Crippen molar-refractivity contribution in [2.24, 2.45) is 16.8 Å². The van der Waals surface area contributed by atoms with Crippen LogP contribution in [-0.2, 0) is 9.59 Å². The maximum Gasteiger partial charge on any atom is 0.307 e. The second kappa shape index (κ2) is 5.35. The molecule has 2 N–H and O–H groups in total. The topological polar surface area (TPSA) is 78.8 Å². The van der Waals surface area contributed by atoms with Crippen LogP contribution >= 0.6 is 11.8 Å². The molecule has 0 saturated carbocycles. The average molecular weight is 254 g/mol. The third kappa shape index (κ3) is 2.88. The molecule has 0 bridgehead atoms. The van der Waals surface area contributed by atoms with Crippen molar-refractivity contribution in [3.63, 3.8) is 0 Å². The van der Waals surface area contributed by atoms with Crippen molar-refractivity contribution in [3.05, 3.63) is 12.2 Å². The van der Waals surface area contributed by atoms with Crippen LogP contribution in [0.25, 0.3) is 0 Å². The third-order valence-electron chi connectivity index (χ3n) is 2.90. The lowest BCUT2D eigenvalue weighted by molar-refractivity contribution is -0.147. The van der Waals surface area contributed by atoms with Crippen molar-refractivity contribution in [2.75, 3.05) is 12.3 Å². The Bertz CT molecular complexity index is 392. The number of amidine groups is 1. The molecule has 0 unspecified atom stereocenters. The zero-order valence-corrected chi connectivity index (χ0v) is 10.1. The Balaban J connectivity index is 2.01. The highest BCUT2D eigenvalue weighted by Crippen LogP contribution is 2.26. The van der Waals surface area contributed by atoms with Crippen molar-refractivity contribution < 1.29 is 14.7 Å². The number of aliphatic imine (C=N–C) groups is 1. The number of hydrogen-bond donors (Lipinski definition) is 2. The fourth-order valence-electron chi connectivity index (χ4n) is 1.99. The van der Waals surface area contributed by atoms with E-state index in [0.717, 1.165) is 5.75 Å². The summed E-state index contributed by atoms with van der Waals surface area (Å²) in [6, 6.07) is 0. The second-order valence-corrected chi connectivity index (χ2v) is 5.10. The number of carbonyl (C=O) groups excluding carboxylic acids is 1. The van der Waals surface area contributed by atoms with E-state index in [1.807, 2.05) is 12.2 Å². The number of nitrogens with one attached hydrogen (secondary N) is 1. The standard InChI is InChI=1S/C11H14N2O3S/c14-9(13-11-12-5-6-17-11)7-3-1-2-4-8(7)10(15)16/h1-2,7-8H,3-6H2,(H,15,16)(H,12,13,14)/t7-,8-/m0/s1. The van der Waals surface area contributed by atoms with E-state index < -0.39 is 17.8 Å². The van der Waals surface area contributed by atoms with Gasteiger partial charge in [0.2, 0.25) is 5.91 Å². The predicted molar refractivity (Wildman–Crippen MR) is 65.9 cm³/mol. The van der Waals surface area contributed by atoms with Gasteiger partial charge in [0.25, 0.3) is 0 Å². The molecule has 0 aromatic carbocycles. The number of nitrogens with zero attached hydrogens (tertiary/aromatic N) is 1. The lowest BCUT2D eigenvalue weighted by Gasteiger charge is -2.23. The molecule has 92 valence electrons. The number of carboxylic acid groups (broad SMARTS) is 1. The molecule has 0 aromatic heterocycles. The Hall–Kier alpha value is -1.30. The molecule has 2 aliphatic rings. The minimum atomic E-state index is -0.907. The highest BCUT2D eigenvalue weighted by Gasteiger charge is 2.34. The molecule has 5 nitrogen and oxygen atoms in total. The van der Waals surface area contributed by atoms with Crippen LogP contribution < -0.4 is 5.32 Å². The maximum absolute atomic E-state index is 12.0. The largest absolute Gasteiger partial charge is 0.481 e. The van der Waals surface area contributed by atoms with Gasteiger partial charge in [-0.2, -0.15) is 0 Å². The normalized spacial score (nSPS) is 27.6. The van der Waals surface area contributed by atoms with E-state index in [1.54, 1.807) is 0 Å². The fraction of sp³-hybridized carbons (Fsp3) is 0.545. The van der Waals surface area contributed by atoms with Gasteiger partial charge in [0, 0.05) is 5.75 Å². The van der Waals surface area contributed by atoms with E-state index in [-0.39, 0.29) is 5.91 Å². The van der Waals surface area contributed by atoms with Crippen molar-refractivity contribution >= 4 is 28.8 Å². The first-order valence-electron chi connectivity index (χ1n) is 5.54. The van der Waals surface area contributed by atoms with Crippen LogP contribution in [0.4, 0.5) is 0 Å². The van der Waals surface area contributed by atoms with E-state index in [1.165, 1.54) is 11.8 Å². The van der Waals surface area contributed by atoms with Gasteiger partial charge in [0.15, 0.2) is 5.17 Å². The van der Waals surface area contributed by atoms with Gasteiger partial charge >= 0.3 is 5.97 Å². The monoisotopic (exact) mass is 254 g/mol. The first kappa shape index (κ1) is 12.2. The van der Waals surface area contributed by atoms with Crippen LogP contribution in [0.2, 0.25) is 0 Å². The molecule has 1 amide bonds. The molecule has 17 heavy (non-hydrogen) atoms. The zero-order valence-electron chi connectivity index (χ0n) is 9.26. The zero-order chi connectivity index (χ0) is 12.3. The van der Waals surface area contributed by atoms with Gasteiger partial charge in [0.1, 0.15) is 0 Å². The summed E-state index contributed by atoms with van der Waals surface area (Å²) >= 11 is 1.50. The summed E-state index contributed by atoms with van der Waals surface area (Å²) in [6.07, 6.45) is 4.60. The van der Waals surface area contributed by atoms with Gasteiger partial charge in [0.05, 0.1) is 18.4 Å². The summed E-state index contributed by atoms with van der Waals surface area (Å²) < 4.78 is 0. The van der Waals surface area contributed by atoms with Crippen molar-refractivity contribution in [2.45, 2.75) is 12.8 Å². The van der Waals surface area contributed by atoms with Gasteiger partial charge in [-0.1, -0.05) is 23.9 Å². The first-order chi connectivity index (χ1) is 8.18. The molecule has 1 aliphatic heterocycles. The summed E-state index contributed by atoms with van der Waals surface area (Å²) in [4.78, 5) is 27.1. The number of rotatable bonds is 2. The summed E-state index contributed by atoms with van der Waals surface area (Å²) in [6.45, 7) is 0.715. The summed E-state index contributed by atoms with van der Waals surface area (Å²) in [5.41, 5.74) is 0. The van der Waals surface area contributed by atoms with Gasteiger partial charge in [-0.15, -0.1) is 0 Å². The maximum atomic E-state index is 12.0. The van der Waals surface area contributed by atoms with Gasteiger partial charge in [-0.25, -0.2) is 0 Å². The SMILES string of the molecule is O=C(O)[C@H]1CC=CC[C@@H]1C(=O)NC1=NCCS1. The predicted octanol–water partition coefficient (Wildman–Crippen LogP) is 0.872. The fourth-order valence-corrected chi connectivity index (χ4v) is 2.72. The number of allylic oxidation sites excluding steroid dienone is 2. The number of carboxylic acids is 1. The number of hydrogen-bond acceptors (Lipinski definition) is 4. The molecule has 0 saturated heterocycles. The van der Waals surface area contributed by atoms with E-state index in [9.17, 15) is 9.59 Å². The van der Waals surface area contributed by atoms with Crippen molar-refractivity contribution in [1.29, 1.82) is 0 Å². The highest BCUT2D eigenvalue weighted by molar-refractivity contribution is 8.14. The van der Waals surface area contributed by atoms with Crippen LogP contribution in [0.15, 0.2) is 17.1 Å². The lowest BCUT2D eigenvalue weighted by atomic mass is 9.82. The molecular weight excluding hydrogens is 240 g/mol. The van der Waals surface area contributed by atoms with Gasteiger partial charge in [-0.3, -0.25) is 14.6 Å². The Morgan fingerprint density at radius 1 is 1.35 bits per heavy atom. The number of amides is 1. The van der Waals surface area contributed by atoms with Crippen LogP contribution in [-0.4, -0.2) is 34.4 Å². The second-order valence-electron chi connectivity index (χ2n) is 4.02. The summed E-state index contributed by atoms with van der Waals surface area (Å²) in [7, 11) is 0. The Morgan fingerprint density at radius 2 is 2.06 bits per heavy atom. The third-order valence-corrected chi connectivity index (χ3v) is 3.79. The van der Waals surface area contributed by atoms with Crippen LogP contribution in [0.1, 0.15) is 12.8 Å². The van der Waals surface area contributed by atoms with E-state index in [2.05, 4.69) is 10.3 Å². The van der Waals surface area contributed by atoms with E-state index in [0.29, 0.717) is 24.6 Å². The average Bonchev–Trinajstić information content (AvgIpc) is 2.81. The van der Waals surface area contributed by atoms with Gasteiger partial charge < -0.3 is 10.4 Å². The quantitative estimate of drug-likeness (QED) is 0.717. The van der Waals surface area contributed by atoms with Crippen LogP contribution in [0.5, 0.6) is 0 Å². The summed E-state index contributed by atoms with van der Waals surface area (Å²) in [5, 5.41) is 12.4. The minimum absolute atomic E-state index is 0.227. The molecule has 0 radical (unpaired) electrons. The molecule has 2 rings (SSSR count). The Labute approximate surface area is 103 Å². The van der Waals surface area contributed by atoms with Crippen molar-refractivity contribution in [1.82, 2.24) is 5.32 Å². The molecule has 0 spiro atoms. The number of thioether (sulfide) groups is 1. The van der Waals surface area contributed by atoms with Crippen LogP contribution in [0.3, 0.4) is 0 Å². The van der Waals surface area contributed by atoms with Crippen LogP contribution in [0, 0.1) is 11.8 Å². The molecule has 1 aliphatic carbocycles. The number of aliphatic carboxylic acids is 1. The highest BCUT2D eigenvalue weighted by atomic mass is 32.2. The molecule has 0 aromatic rings. The lowest BCUT2D eigenvalue weighted by Crippen LogP contribution is -2.40. The molecular formula is C11H14N2O3S. The smallest absolute Gasteiger partial charge is 0.307 e. The Morgan fingerprint density at radius 3 is 2.65 bits per heavy atom. The van der Waals surface area contributed by atoms with Crippen molar-refractivity contribution in [3.8, 4) is 0 Å². The number of carbonyl (C=O) groups is 2. The molecule has 2 atom stereocenters. The van der Waals surface area contributed by atoms with E-state index in [4.69, 9.17) is 5.11 Å².